The first kappa shape index (κ1) is 17.0. The molecule has 0 bridgehead atoms. The van der Waals surface area contributed by atoms with Crippen LogP contribution in [0.5, 0.6) is 0 Å². The van der Waals surface area contributed by atoms with Gasteiger partial charge in [0.15, 0.2) is 0 Å². The third-order valence-corrected chi connectivity index (χ3v) is 3.97. The summed E-state index contributed by atoms with van der Waals surface area (Å²) in [6.07, 6.45) is 6.19. The van der Waals surface area contributed by atoms with E-state index in [2.05, 4.69) is 11.0 Å². The van der Waals surface area contributed by atoms with E-state index in [-0.39, 0.29) is 17.4 Å². The monoisotopic (exact) mass is 280 g/mol. The standard InChI is InChI=1S/C16H28N2O2/c1-4-20-15(19)14-9-5-7-11-18(14)12-8-6-10-16(2,3)13-17/h14H,4-12H2,1-3H3. The minimum absolute atomic E-state index is 0.0484. The molecule has 0 saturated carbocycles. The van der Waals surface area contributed by atoms with E-state index in [0.717, 1.165) is 45.2 Å². The van der Waals surface area contributed by atoms with Crippen molar-refractivity contribution in [2.45, 2.75) is 65.3 Å². The summed E-state index contributed by atoms with van der Waals surface area (Å²) >= 11 is 0. The first-order valence-corrected chi connectivity index (χ1v) is 7.82. The molecule has 0 spiro atoms. The maximum Gasteiger partial charge on any atom is 0.323 e. The van der Waals surface area contributed by atoms with Crippen LogP contribution in [0.4, 0.5) is 0 Å². The lowest BCUT2D eigenvalue weighted by Gasteiger charge is -2.34. The molecule has 1 rings (SSSR count). The van der Waals surface area contributed by atoms with Crippen molar-refractivity contribution in [3.05, 3.63) is 0 Å². The lowest BCUT2D eigenvalue weighted by atomic mass is 9.89. The second-order valence-corrected chi connectivity index (χ2v) is 6.25. The van der Waals surface area contributed by atoms with Crippen molar-refractivity contribution in [1.29, 1.82) is 5.26 Å². The van der Waals surface area contributed by atoms with Crippen LogP contribution in [0.25, 0.3) is 0 Å². The minimum atomic E-state index is -0.234. The lowest BCUT2D eigenvalue weighted by Crippen LogP contribution is -2.45. The van der Waals surface area contributed by atoms with Crippen LogP contribution in [0, 0.1) is 16.7 Å². The maximum atomic E-state index is 11.9. The van der Waals surface area contributed by atoms with Gasteiger partial charge in [-0.25, -0.2) is 0 Å². The van der Waals surface area contributed by atoms with Gasteiger partial charge in [-0.1, -0.05) is 12.8 Å². The SMILES string of the molecule is CCOC(=O)C1CCCCN1CCCCC(C)(C)C#N. The number of esters is 1. The van der Waals surface area contributed by atoms with E-state index < -0.39 is 0 Å². The van der Waals surface area contributed by atoms with Crippen LogP contribution < -0.4 is 0 Å². The molecular weight excluding hydrogens is 252 g/mol. The third-order valence-electron chi connectivity index (χ3n) is 3.97. The van der Waals surface area contributed by atoms with E-state index in [1.807, 2.05) is 20.8 Å². The Labute approximate surface area is 123 Å². The van der Waals surface area contributed by atoms with Gasteiger partial charge in [-0.3, -0.25) is 9.69 Å². The van der Waals surface area contributed by atoms with Crippen molar-refractivity contribution >= 4 is 5.97 Å². The summed E-state index contributed by atoms with van der Waals surface area (Å²) in [7, 11) is 0. The van der Waals surface area contributed by atoms with Gasteiger partial charge in [0.1, 0.15) is 6.04 Å². The number of hydrogen-bond acceptors (Lipinski definition) is 4. The molecule has 0 aromatic rings. The Balaban J connectivity index is 2.36. The molecule has 1 aliphatic heterocycles. The highest BCUT2D eigenvalue weighted by Gasteiger charge is 2.29. The second-order valence-electron chi connectivity index (χ2n) is 6.25. The fourth-order valence-corrected chi connectivity index (χ4v) is 2.70. The summed E-state index contributed by atoms with van der Waals surface area (Å²) < 4.78 is 5.17. The molecule has 0 amide bonds. The van der Waals surface area contributed by atoms with E-state index in [0.29, 0.717) is 6.61 Å². The van der Waals surface area contributed by atoms with Gasteiger partial charge in [0, 0.05) is 0 Å². The molecule has 0 aromatic heterocycles. The number of ether oxygens (including phenoxy) is 1. The number of hydrogen-bond donors (Lipinski definition) is 0. The van der Waals surface area contributed by atoms with Crippen molar-refractivity contribution in [3.8, 4) is 6.07 Å². The van der Waals surface area contributed by atoms with Crippen LogP contribution in [0.3, 0.4) is 0 Å². The maximum absolute atomic E-state index is 11.9. The molecule has 0 aromatic carbocycles. The van der Waals surface area contributed by atoms with E-state index in [1.165, 1.54) is 6.42 Å². The molecule has 1 heterocycles. The van der Waals surface area contributed by atoms with E-state index in [9.17, 15) is 4.79 Å². The Bertz CT molecular complexity index is 347. The molecule has 1 aliphatic rings. The predicted octanol–water partition coefficient (Wildman–Crippen LogP) is 3.12. The molecule has 0 radical (unpaired) electrons. The molecule has 0 aliphatic carbocycles. The number of rotatable bonds is 7. The number of piperidine rings is 1. The van der Waals surface area contributed by atoms with Gasteiger partial charge < -0.3 is 4.74 Å². The molecule has 1 atom stereocenters. The smallest absolute Gasteiger partial charge is 0.323 e. The summed E-state index contributed by atoms with van der Waals surface area (Å²) in [5.74, 6) is -0.0652. The Morgan fingerprint density at radius 1 is 1.40 bits per heavy atom. The van der Waals surface area contributed by atoms with Gasteiger partial charge in [-0.15, -0.1) is 0 Å². The molecule has 20 heavy (non-hydrogen) atoms. The number of nitriles is 1. The van der Waals surface area contributed by atoms with E-state index in [1.54, 1.807) is 0 Å². The van der Waals surface area contributed by atoms with E-state index in [4.69, 9.17) is 10.00 Å². The molecule has 4 heteroatoms. The molecular formula is C16H28N2O2. The van der Waals surface area contributed by atoms with Gasteiger partial charge in [0.05, 0.1) is 18.1 Å². The largest absolute Gasteiger partial charge is 0.465 e. The third kappa shape index (κ3) is 5.50. The van der Waals surface area contributed by atoms with Gasteiger partial charge >= 0.3 is 5.97 Å². The topological polar surface area (TPSA) is 53.3 Å². The number of likely N-dealkylation sites (tertiary alicyclic amines) is 1. The molecule has 1 unspecified atom stereocenters. The Hall–Kier alpha value is -1.08. The van der Waals surface area contributed by atoms with Crippen LogP contribution in [0.1, 0.15) is 59.3 Å². The summed E-state index contributed by atoms with van der Waals surface area (Å²) in [6.45, 7) is 8.20. The van der Waals surface area contributed by atoms with Crippen LogP contribution >= 0.6 is 0 Å². The Kier molecular flexibility index (Phi) is 7.01. The number of carbonyl (C=O) groups excluding carboxylic acids is 1. The number of carbonyl (C=O) groups is 1. The Morgan fingerprint density at radius 3 is 2.80 bits per heavy atom. The van der Waals surface area contributed by atoms with Gasteiger partial charge in [-0.05, 0) is 59.5 Å². The highest BCUT2D eigenvalue weighted by molar-refractivity contribution is 5.75. The van der Waals surface area contributed by atoms with Gasteiger partial charge in [0.25, 0.3) is 0 Å². The number of unbranched alkanes of at least 4 members (excludes halogenated alkanes) is 1. The fourth-order valence-electron chi connectivity index (χ4n) is 2.70. The second kappa shape index (κ2) is 8.26. The summed E-state index contributed by atoms with van der Waals surface area (Å²) in [5.41, 5.74) is -0.234. The first-order valence-electron chi connectivity index (χ1n) is 7.82. The molecule has 4 nitrogen and oxygen atoms in total. The zero-order valence-electron chi connectivity index (χ0n) is 13.2. The van der Waals surface area contributed by atoms with Crippen molar-refractivity contribution in [2.75, 3.05) is 19.7 Å². The fraction of sp³-hybridized carbons (Fsp3) is 0.875. The minimum Gasteiger partial charge on any atom is -0.465 e. The summed E-state index contributed by atoms with van der Waals surface area (Å²) in [6, 6.07) is 2.29. The predicted molar refractivity (Wildman–Crippen MR) is 79.1 cm³/mol. The molecule has 1 saturated heterocycles. The van der Waals surface area contributed by atoms with E-state index >= 15 is 0 Å². The molecule has 114 valence electrons. The highest BCUT2D eigenvalue weighted by atomic mass is 16.5. The molecule has 1 fully saturated rings. The normalized spacial score (nSPS) is 20.4. The van der Waals surface area contributed by atoms with Crippen molar-refractivity contribution < 1.29 is 9.53 Å². The summed E-state index contributed by atoms with van der Waals surface area (Å²) in [5, 5.41) is 8.99. The Morgan fingerprint density at radius 2 is 2.15 bits per heavy atom. The zero-order chi connectivity index (χ0) is 15.0. The first-order chi connectivity index (χ1) is 9.50. The number of nitrogens with zero attached hydrogens (tertiary/aromatic N) is 2. The lowest BCUT2D eigenvalue weighted by molar-refractivity contribution is -0.150. The van der Waals surface area contributed by atoms with Crippen LogP contribution in [-0.2, 0) is 9.53 Å². The van der Waals surface area contributed by atoms with Crippen LogP contribution in [-0.4, -0.2) is 36.6 Å². The van der Waals surface area contributed by atoms with Gasteiger partial charge in [-0.2, -0.15) is 5.26 Å². The van der Waals surface area contributed by atoms with Crippen LogP contribution in [0.15, 0.2) is 0 Å². The quantitative estimate of drug-likeness (QED) is 0.531. The zero-order valence-corrected chi connectivity index (χ0v) is 13.2. The van der Waals surface area contributed by atoms with Crippen molar-refractivity contribution in [1.82, 2.24) is 4.90 Å². The van der Waals surface area contributed by atoms with Crippen LogP contribution in [0.2, 0.25) is 0 Å². The summed E-state index contributed by atoms with van der Waals surface area (Å²) in [4.78, 5) is 14.2. The van der Waals surface area contributed by atoms with Gasteiger partial charge in [0.2, 0.25) is 0 Å². The molecule has 0 N–H and O–H groups in total. The average molecular weight is 280 g/mol. The van der Waals surface area contributed by atoms with Crippen molar-refractivity contribution in [3.63, 3.8) is 0 Å². The van der Waals surface area contributed by atoms with Crippen molar-refractivity contribution in [2.24, 2.45) is 5.41 Å². The highest BCUT2D eigenvalue weighted by Crippen LogP contribution is 2.23. The average Bonchev–Trinajstić information content (AvgIpc) is 2.44.